The number of nitrogens with two attached hydrogens (primary N) is 1. The van der Waals surface area contributed by atoms with E-state index in [1.54, 1.807) is 6.07 Å². The summed E-state index contributed by atoms with van der Waals surface area (Å²) in [5, 5.41) is 0. The van der Waals surface area contributed by atoms with Gasteiger partial charge < -0.3 is 15.4 Å². The Morgan fingerprint density at radius 2 is 1.95 bits per heavy atom. The normalized spacial score (nSPS) is 24.3. The fraction of sp³-hybridized carbons (Fsp3) is 0.529. The largest absolute Gasteiger partial charge is 0.469 e. The summed E-state index contributed by atoms with van der Waals surface area (Å²) in [6.07, 6.45) is 3.29. The Morgan fingerprint density at radius 1 is 1.27 bits per heavy atom. The molecular weight excluding hydrogens is 280 g/mol. The smallest absolute Gasteiger partial charge is 0.308 e. The van der Waals surface area contributed by atoms with Crippen LogP contribution in [0.25, 0.3) is 0 Å². The van der Waals surface area contributed by atoms with Crippen LogP contribution in [0.15, 0.2) is 12.1 Å². The number of hydrogen-bond acceptors (Lipinski definition) is 4. The molecule has 2 aliphatic rings. The molecule has 1 saturated carbocycles. The molecule has 0 aromatic heterocycles. The highest BCUT2D eigenvalue weighted by Gasteiger charge is 2.37. The maximum Gasteiger partial charge on any atom is 0.308 e. The van der Waals surface area contributed by atoms with Crippen LogP contribution in [0, 0.1) is 12.8 Å². The molecule has 0 saturated heterocycles. The molecule has 5 heteroatoms. The third kappa shape index (κ3) is 2.45. The van der Waals surface area contributed by atoms with Crippen LogP contribution in [0.2, 0.25) is 0 Å². The van der Waals surface area contributed by atoms with Crippen LogP contribution in [0.3, 0.4) is 0 Å². The van der Waals surface area contributed by atoms with E-state index >= 15 is 0 Å². The summed E-state index contributed by atoms with van der Waals surface area (Å²) in [5.41, 5.74) is 9.42. The zero-order valence-corrected chi connectivity index (χ0v) is 13.1. The number of ether oxygens (including phenoxy) is 1. The van der Waals surface area contributed by atoms with Crippen LogP contribution < -0.4 is 5.73 Å². The fourth-order valence-corrected chi connectivity index (χ4v) is 3.73. The molecule has 2 N–H and O–H groups in total. The molecule has 0 atom stereocenters. The van der Waals surface area contributed by atoms with Crippen molar-refractivity contribution in [2.24, 2.45) is 5.92 Å². The molecule has 1 aromatic carbocycles. The maximum atomic E-state index is 12.7. The van der Waals surface area contributed by atoms with Gasteiger partial charge in [0.15, 0.2) is 0 Å². The molecule has 1 fully saturated rings. The number of fused-ring (bicyclic) bond motifs is 1. The summed E-state index contributed by atoms with van der Waals surface area (Å²) in [7, 11) is 1.43. The van der Waals surface area contributed by atoms with Gasteiger partial charge in [0, 0.05) is 23.8 Å². The molecule has 1 aliphatic heterocycles. The first-order chi connectivity index (χ1) is 10.5. The standard InChI is InChI=1S/C17H22N2O3/c1-10-7-12(18)8-14-15(10)9-19(16(14)20)13-5-3-11(4-6-13)17(21)22-2/h7-8,11,13H,3-6,9,18H2,1-2H3. The van der Waals surface area contributed by atoms with Gasteiger partial charge in [-0.1, -0.05) is 0 Å². The van der Waals surface area contributed by atoms with E-state index in [1.807, 2.05) is 17.9 Å². The summed E-state index contributed by atoms with van der Waals surface area (Å²) < 4.78 is 4.82. The van der Waals surface area contributed by atoms with Crippen LogP contribution in [0.1, 0.15) is 47.2 Å². The molecule has 1 aliphatic carbocycles. The van der Waals surface area contributed by atoms with Gasteiger partial charge in [0.05, 0.1) is 13.0 Å². The third-order valence-corrected chi connectivity index (χ3v) is 4.99. The quantitative estimate of drug-likeness (QED) is 0.672. The van der Waals surface area contributed by atoms with Crippen molar-refractivity contribution >= 4 is 17.6 Å². The predicted molar refractivity (Wildman–Crippen MR) is 83.2 cm³/mol. The number of nitrogens with zero attached hydrogens (tertiary/aromatic N) is 1. The minimum atomic E-state index is -0.127. The Bertz CT molecular complexity index is 619. The average Bonchev–Trinajstić information content (AvgIpc) is 2.84. The lowest BCUT2D eigenvalue weighted by Crippen LogP contribution is -2.39. The number of aryl methyl sites for hydroxylation is 1. The Balaban J connectivity index is 1.72. The van der Waals surface area contributed by atoms with Crippen LogP contribution in [-0.2, 0) is 16.1 Å². The molecular formula is C17H22N2O3. The Kier molecular flexibility index (Phi) is 3.81. The number of methoxy groups -OCH3 is 1. The van der Waals surface area contributed by atoms with Gasteiger partial charge in [-0.3, -0.25) is 9.59 Å². The third-order valence-electron chi connectivity index (χ3n) is 4.99. The maximum absolute atomic E-state index is 12.7. The van der Waals surface area contributed by atoms with E-state index in [-0.39, 0.29) is 23.8 Å². The van der Waals surface area contributed by atoms with E-state index in [2.05, 4.69) is 0 Å². The molecule has 1 aromatic rings. The summed E-state index contributed by atoms with van der Waals surface area (Å²) >= 11 is 0. The van der Waals surface area contributed by atoms with Crippen molar-refractivity contribution in [3.8, 4) is 0 Å². The van der Waals surface area contributed by atoms with Crippen molar-refractivity contribution in [1.29, 1.82) is 0 Å². The van der Waals surface area contributed by atoms with E-state index < -0.39 is 0 Å². The van der Waals surface area contributed by atoms with Gasteiger partial charge in [-0.25, -0.2) is 0 Å². The van der Waals surface area contributed by atoms with E-state index in [0.717, 1.165) is 42.4 Å². The second-order valence-electron chi connectivity index (χ2n) is 6.33. The molecule has 1 amide bonds. The van der Waals surface area contributed by atoms with Crippen LogP contribution in [-0.4, -0.2) is 29.9 Å². The number of nitrogen functional groups attached to an aromatic ring is 1. The zero-order chi connectivity index (χ0) is 15.9. The number of esters is 1. The van der Waals surface area contributed by atoms with Gasteiger partial charge in [0.25, 0.3) is 5.91 Å². The molecule has 1 heterocycles. The van der Waals surface area contributed by atoms with E-state index in [0.29, 0.717) is 12.2 Å². The summed E-state index contributed by atoms with van der Waals surface area (Å²) in [5.74, 6) is -0.0660. The molecule has 22 heavy (non-hydrogen) atoms. The first kappa shape index (κ1) is 14.9. The second-order valence-corrected chi connectivity index (χ2v) is 6.33. The summed E-state index contributed by atoms with van der Waals surface area (Å²) in [6, 6.07) is 3.91. The van der Waals surface area contributed by atoms with Crippen molar-refractivity contribution in [3.05, 3.63) is 28.8 Å². The van der Waals surface area contributed by atoms with E-state index in [1.165, 1.54) is 7.11 Å². The predicted octanol–water partition coefficient (Wildman–Crippen LogP) is 2.26. The first-order valence-corrected chi connectivity index (χ1v) is 7.79. The van der Waals surface area contributed by atoms with Crippen molar-refractivity contribution in [2.75, 3.05) is 12.8 Å². The molecule has 3 rings (SSSR count). The molecule has 5 nitrogen and oxygen atoms in total. The van der Waals surface area contributed by atoms with Crippen LogP contribution in [0.4, 0.5) is 5.69 Å². The van der Waals surface area contributed by atoms with Gasteiger partial charge in [0.1, 0.15) is 0 Å². The highest BCUT2D eigenvalue weighted by molar-refractivity contribution is 5.99. The van der Waals surface area contributed by atoms with Crippen LogP contribution >= 0.6 is 0 Å². The van der Waals surface area contributed by atoms with Crippen LogP contribution in [0.5, 0.6) is 0 Å². The number of rotatable bonds is 2. The number of benzene rings is 1. The monoisotopic (exact) mass is 302 g/mol. The first-order valence-electron chi connectivity index (χ1n) is 7.79. The highest BCUT2D eigenvalue weighted by atomic mass is 16.5. The SMILES string of the molecule is COC(=O)C1CCC(N2Cc3c(C)cc(N)cc3C2=O)CC1. The number of anilines is 1. The lowest BCUT2D eigenvalue weighted by atomic mass is 9.85. The average molecular weight is 302 g/mol. The lowest BCUT2D eigenvalue weighted by Gasteiger charge is -2.33. The molecule has 118 valence electrons. The number of amides is 1. The lowest BCUT2D eigenvalue weighted by molar-refractivity contribution is -0.146. The van der Waals surface area contributed by atoms with Crippen molar-refractivity contribution in [2.45, 2.75) is 45.2 Å². The molecule has 0 unspecified atom stereocenters. The van der Waals surface area contributed by atoms with Crippen molar-refractivity contribution < 1.29 is 14.3 Å². The number of carbonyl (C=O) groups excluding carboxylic acids is 2. The Hall–Kier alpha value is -2.04. The summed E-state index contributed by atoms with van der Waals surface area (Å²) in [6.45, 7) is 2.66. The second kappa shape index (κ2) is 5.63. The Labute approximate surface area is 130 Å². The minimum Gasteiger partial charge on any atom is -0.469 e. The number of carbonyl (C=O) groups is 2. The van der Waals surface area contributed by atoms with Gasteiger partial charge in [0.2, 0.25) is 0 Å². The zero-order valence-electron chi connectivity index (χ0n) is 13.1. The molecule has 0 radical (unpaired) electrons. The molecule has 0 bridgehead atoms. The topological polar surface area (TPSA) is 72.6 Å². The van der Waals surface area contributed by atoms with Crippen molar-refractivity contribution in [1.82, 2.24) is 4.90 Å². The minimum absolute atomic E-state index is 0.0151. The van der Waals surface area contributed by atoms with Gasteiger partial charge in [-0.2, -0.15) is 0 Å². The van der Waals surface area contributed by atoms with E-state index in [4.69, 9.17) is 10.5 Å². The van der Waals surface area contributed by atoms with Gasteiger partial charge >= 0.3 is 5.97 Å². The van der Waals surface area contributed by atoms with Gasteiger partial charge in [-0.15, -0.1) is 0 Å². The number of hydrogen-bond donors (Lipinski definition) is 1. The summed E-state index contributed by atoms with van der Waals surface area (Å²) in [4.78, 5) is 26.2. The van der Waals surface area contributed by atoms with E-state index in [9.17, 15) is 9.59 Å². The Morgan fingerprint density at radius 3 is 2.59 bits per heavy atom. The molecule has 0 spiro atoms. The van der Waals surface area contributed by atoms with Gasteiger partial charge in [-0.05, 0) is 55.9 Å². The highest BCUT2D eigenvalue weighted by Crippen LogP contribution is 2.35. The fourth-order valence-electron chi connectivity index (χ4n) is 3.73. The van der Waals surface area contributed by atoms with Crippen molar-refractivity contribution in [3.63, 3.8) is 0 Å².